The van der Waals surface area contributed by atoms with Crippen LogP contribution in [-0.2, 0) is 4.74 Å². The molecule has 0 aliphatic carbocycles. The molecule has 0 N–H and O–H groups in total. The van der Waals surface area contributed by atoms with Gasteiger partial charge < -0.3 is 4.74 Å². The van der Waals surface area contributed by atoms with Crippen molar-refractivity contribution < 1.29 is 9.53 Å². The highest BCUT2D eigenvalue weighted by atomic mass is 32.1. The Hall–Kier alpha value is -1.82. The number of nitrogens with zero attached hydrogens (tertiary/aromatic N) is 3. The van der Waals surface area contributed by atoms with Crippen LogP contribution >= 0.6 is 11.3 Å². The standard InChI is InChI=1S/C9H7N3O2S/c1-14-9(13)8-12-7(5-15-8)6-2-3-10-11-4-6/h2-5H,1H3. The Labute approximate surface area is 89.8 Å². The highest BCUT2D eigenvalue weighted by Crippen LogP contribution is 2.20. The van der Waals surface area contributed by atoms with Crippen LogP contribution in [0.4, 0.5) is 0 Å². The van der Waals surface area contributed by atoms with Gasteiger partial charge in [-0.15, -0.1) is 11.3 Å². The summed E-state index contributed by atoms with van der Waals surface area (Å²) in [6.45, 7) is 0. The van der Waals surface area contributed by atoms with Crippen LogP contribution in [0.5, 0.6) is 0 Å². The second-order valence-corrected chi connectivity index (χ2v) is 3.52. The summed E-state index contributed by atoms with van der Waals surface area (Å²) in [4.78, 5) is 15.3. The molecule has 6 heteroatoms. The zero-order chi connectivity index (χ0) is 10.7. The molecule has 2 aromatic heterocycles. The van der Waals surface area contributed by atoms with Gasteiger partial charge in [0, 0.05) is 10.9 Å². The molecule has 0 aromatic carbocycles. The van der Waals surface area contributed by atoms with Crippen LogP contribution in [0.2, 0.25) is 0 Å². The molecule has 0 radical (unpaired) electrons. The van der Waals surface area contributed by atoms with Gasteiger partial charge in [0.15, 0.2) is 0 Å². The topological polar surface area (TPSA) is 65.0 Å². The Morgan fingerprint density at radius 2 is 2.33 bits per heavy atom. The second-order valence-electron chi connectivity index (χ2n) is 2.66. The molecule has 2 rings (SSSR count). The van der Waals surface area contributed by atoms with E-state index in [4.69, 9.17) is 0 Å². The molecule has 0 fully saturated rings. The Morgan fingerprint density at radius 3 is 3.00 bits per heavy atom. The Balaban J connectivity index is 2.32. The van der Waals surface area contributed by atoms with E-state index < -0.39 is 5.97 Å². The van der Waals surface area contributed by atoms with Gasteiger partial charge in [0.2, 0.25) is 5.01 Å². The molecule has 0 saturated heterocycles. The molecule has 76 valence electrons. The number of thiazole rings is 1. The van der Waals surface area contributed by atoms with Gasteiger partial charge in [0.1, 0.15) is 0 Å². The van der Waals surface area contributed by atoms with E-state index in [0.717, 1.165) is 5.56 Å². The molecule has 0 aliphatic rings. The van der Waals surface area contributed by atoms with E-state index in [9.17, 15) is 4.79 Å². The summed E-state index contributed by atoms with van der Waals surface area (Å²) in [5, 5.41) is 9.52. The number of carbonyl (C=O) groups excluding carboxylic acids is 1. The maximum atomic E-state index is 11.2. The van der Waals surface area contributed by atoms with Crippen LogP contribution in [0.25, 0.3) is 11.3 Å². The molecule has 0 unspecified atom stereocenters. The van der Waals surface area contributed by atoms with E-state index in [1.165, 1.54) is 18.4 Å². The second kappa shape index (κ2) is 4.14. The quantitative estimate of drug-likeness (QED) is 0.717. The van der Waals surface area contributed by atoms with Gasteiger partial charge in [0.25, 0.3) is 0 Å². The third kappa shape index (κ3) is 1.99. The van der Waals surface area contributed by atoms with Crippen molar-refractivity contribution in [1.29, 1.82) is 0 Å². The zero-order valence-corrected chi connectivity index (χ0v) is 8.69. The van der Waals surface area contributed by atoms with Gasteiger partial charge in [-0.25, -0.2) is 9.78 Å². The predicted molar refractivity (Wildman–Crippen MR) is 54.5 cm³/mol. The maximum Gasteiger partial charge on any atom is 0.367 e. The average Bonchev–Trinajstić information content (AvgIpc) is 2.78. The van der Waals surface area contributed by atoms with Crippen LogP contribution in [-0.4, -0.2) is 28.3 Å². The monoisotopic (exact) mass is 221 g/mol. The van der Waals surface area contributed by atoms with Crippen molar-refractivity contribution in [2.24, 2.45) is 0 Å². The smallest absolute Gasteiger partial charge is 0.367 e. The summed E-state index contributed by atoms with van der Waals surface area (Å²) in [6.07, 6.45) is 3.17. The van der Waals surface area contributed by atoms with Crippen LogP contribution in [0, 0.1) is 0 Å². The molecule has 0 bridgehead atoms. The fourth-order valence-corrected chi connectivity index (χ4v) is 1.77. The van der Waals surface area contributed by atoms with Gasteiger partial charge in [-0.05, 0) is 6.07 Å². The van der Waals surface area contributed by atoms with Gasteiger partial charge in [0.05, 0.1) is 25.2 Å². The van der Waals surface area contributed by atoms with Crippen LogP contribution in [0.1, 0.15) is 9.80 Å². The summed E-state index contributed by atoms with van der Waals surface area (Å²) in [5.41, 5.74) is 1.53. The van der Waals surface area contributed by atoms with E-state index in [0.29, 0.717) is 10.7 Å². The number of esters is 1. The minimum atomic E-state index is -0.423. The first kappa shape index (κ1) is 9.72. The summed E-state index contributed by atoms with van der Waals surface area (Å²) in [7, 11) is 1.33. The summed E-state index contributed by atoms with van der Waals surface area (Å²) in [5.74, 6) is -0.423. The number of methoxy groups -OCH3 is 1. The molecule has 15 heavy (non-hydrogen) atoms. The van der Waals surface area contributed by atoms with Gasteiger partial charge in [-0.2, -0.15) is 10.2 Å². The molecule has 0 aliphatic heterocycles. The molecule has 0 amide bonds. The van der Waals surface area contributed by atoms with Crippen LogP contribution in [0.3, 0.4) is 0 Å². The molecular weight excluding hydrogens is 214 g/mol. The fourth-order valence-electron chi connectivity index (χ4n) is 1.03. The van der Waals surface area contributed by atoms with E-state index >= 15 is 0 Å². The molecule has 5 nitrogen and oxygen atoms in total. The normalized spacial score (nSPS) is 9.93. The van der Waals surface area contributed by atoms with E-state index in [1.807, 2.05) is 0 Å². The molecule has 0 spiro atoms. The Bertz CT molecular complexity index is 469. The average molecular weight is 221 g/mol. The lowest BCUT2D eigenvalue weighted by Gasteiger charge is -1.93. The minimum absolute atomic E-state index is 0.337. The number of aromatic nitrogens is 3. The Kier molecular flexibility index (Phi) is 2.68. The highest BCUT2D eigenvalue weighted by Gasteiger charge is 2.11. The van der Waals surface area contributed by atoms with Crippen molar-refractivity contribution >= 4 is 17.3 Å². The van der Waals surface area contributed by atoms with Crippen molar-refractivity contribution in [3.05, 3.63) is 28.8 Å². The third-order valence-electron chi connectivity index (χ3n) is 1.74. The van der Waals surface area contributed by atoms with Gasteiger partial charge >= 0.3 is 5.97 Å². The number of ether oxygens (including phenoxy) is 1. The molecule has 2 aromatic rings. The van der Waals surface area contributed by atoms with Gasteiger partial charge in [-0.1, -0.05) is 0 Å². The lowest BCUT2D eigenvalue weighted by atomic mass is 10.2. The molecule has 0 saturated carbocycles. The maximum absolute atomic E-state index is 11.2. The number of hydrogen-bond donors (Lipinski definition) is 0. The van der Waals surface area contributed by atoms with E-state index in [-0.39, 0.29) is 0 Å². The minimum Gasteiger partial charge on any atom is -0.464 e. The lowest BCUT2D eigenvalue weighted by molar-refractivity contribution is 0.0600. The van der Waals surface area contributed by atoms with Gasteiger partial charge in [-0.3, -0.25) is 0 Å². The third-order valence-corrected chi connectivity index (χ3v) is 2.57. The van der Waals surface area contributed by atoms with Crippen molar-refractivity contribution in [2.75, 3.05) is 7.11 Å². The van der Waals surface area contributed by atoms with E-state index in [2.05, 4.69) is 19.9 Å². The molecule has 0 atom stereocenters. The summed E-state index contributed by atoms with van der Waals surface area (Å²) < 4.78 is 4.57. The first-order valence-electron chi connectivity index (χ1n) is 4.12. The lowest BCUT2D eigenvalue weighted by Crippen LogP contribution is -1.99. The SMILES string of the molecule is COC(=O)c1nc(-c2ccnnc2)cs1. The molecular formula is C9H7N3O2S. The number of carbonyl (C=O) groups is 1. The van der Waals surface area contributed by atoms with Crippen molar-refractivity contribution in [1.82, 2.24) is 15.2 Å². The summed E-state index contributed by atoms with van der Waals surface area (Å²) in [6, 6.07) is 1.78. The largest absolute Gasteiger partial charge is 0.464 e. The van der Waals surface area contributed by atoms with Crippen LogP contribution < -0.4 is 0 Å². The van der Waals surface area contributed by atoms with Crippen LogP contribution in [0.15, 0.2) is 23.8 Å². The van der Waals surface area contributed by atoms with Crippen molar-refractivity contribution in [3.63, 3.8) is 0 Å². The van der Waals surface area contributed by atoms with E-state index in [1.54, 1.807) is 23.8 Å². The summed E-state index contributed by atoms with van der Waals surface area (Å²) >= 11 is 1.24. The van der Waals surface area contributed by atoms with Crippen molar-refractivity contribution in [3.8, 4) is 11.3 Å². The highest BCUT2D eigenvalue weighted by molar-refractivity contribution is 7.11. The number of hydrogen-bond acceptors (Lipinski definition) is 6. The fraction of sp³-hybridized carbons (Fsp3) is 0.111. The molecule has 2 heterocycles. The predicted octanol–water partition coefficient (Wildman–Crippen LogP) is 1.39. The number of rotatable bonds is 2. The Morgan fingerprint density at radius 1 is 1.47 bits per heavy atom. The zero-order valence-electron chi connectivity index (χ0n) is 7.88. The first-order valence-corrected chi connectivity index (χ1v) is 5.00. The first-order chi connectivity index (χ1) is 7.31. The van der Waals surface area contributed by atoms with Crippen molar-refractivity contribution in [2.45, 2.75) is 0 Å².